The maximum Gasteiger partial charge on any atom is 0.253 e. The van der Waals surface area contributed by atoms with E-state index < -0.39 is 5.60 Å². The number of nitrogens with zero attached hydrogens (tertiary/aromatic N) is 1. The molecule has 0 unspecified atom stereocenters. The number of carbonyl (C=O) groups excluding carboxylic acids is 1. The minimum atomic E-state index is -0.875. The van der Waals surface area contributed by atoms with Gasteiger partial charge in [0.1, 0.15) is 5.75 Å². The maximum atomic E-state index is 11.7. The predicted octanol–water partition coefficient (Wildman–Crippen LogP) is 1.07. The molecule has 1 amide bonds. The van der Waals surface area contributed by atoms with Gasteiger partial charge in [-0.3, -0.25) is 9.78 Å². The Balaban J connectivity index is 2.62. The first-order valence-corrected chi connectivity index (χ1v) is 5.65. The van der Waals surface area contributed by atoms with Crippen molar-refractivity contribution in [1.82, 2.24) is 10.3 Å². The zero-order chi connectivity index (χ0) is 12.9. The number of aromatic hydroxyl groups is 1. The average Bonchev–Trinajstić information content (AvgIpc) is 2.35. The Kier molecular flexibility index (Phi) is 4.45. The number of aliphatic hydroxyl groups is 1. The highest BCUT2D eigenvalue weighted by Gasteiger charge is 2.23. The summed E-state index contributed by atoms with van der Waals surface area (Å²) in [5, 5.41) is 21.8. The van der Waals surface area contributed by atoms with Crippen LogP contribution < -0.4 is 5.32 Å². The summed E-state index contributed by atoms with van der Waals surface area (Å²) in [6.07, 6.45) is 3.77. The lowest BCUT2D eigenvalue weighted by atomic mass is 9.97. The summed E-state index contributed by atoms with van der Waals surface area (Å²) < 4.78 is 0. The third kappa shape index (κ3) is 3.71. The summed E-state index contributed by atoms with van der Waals surface area (Å²) in [5.41, 5.74) is -0.598. The predicted molar refractivity (Wildman–Crippen MR) is 63.8 cm³/mol. The van der Waals surface area contributed by atoms with Crippen LogP contribution in [0.5, 0.6) is 5.75 Å². The number of nitrogens with one attached hydrogen (secondary N) is 1. The Morgan fingerprint density at radius 1 is 1.41 bits per heavy atom. The van der Waals surface area contributed by atoms with Crippen molar-refractivity contribution in [3.05, 3.63) is 24.0 Å². The van der Waals surface area contributed by atoms with Gasteiger partial charge in [0, 0.05) is 12.7 Å². The van der Waals surface area contributed by atoms with Crippen LogP contribution in [-0.2, 0) is 0 Å². The summed E-state index contributed by atoms with van der Waals surface area (Å²) in [5.74, 6) is -0.410. The van der Waals surface area contributed by atoms with Crippen LogP contribution in [-0.4, -0.2) is 33.3 Å². The molecule has 1 aromatic heterocycles. The lowest BCUT2D eigenvalue weighted by Gasteiger charge is -2.25. The van der Waals surface area contributed by atoms with Crippen LogP contribution in [0, 0.1) is 0 Å². The van der Waals surface area contributed by atoms with Gasteiger partial charge in [-0.2, -0.15) is 0 Å². The molecule has 5 heteroatoms. The summed E-state index contributed by atoms with van der Waals surface area (Å²) >= 11 is 0. The molecule has 0 aromatic carbocycles. The van der Waals surface area contributed by atoms with E-state index >= 15 is 0 Å². The summed E-state index contributed by atoms with van der Waals surface area (Å²) in [6.45, 7) is 3.92. The third-order valence-corrected chi connectivity index (χ3v) is 2.88. The molecule has 0 atom stereocenters. The smallest absolute Gasteiger partial charge is 0.253 e. The lowest BCUT2D eigenvalue weighted by molar-refractivity contribution is 0.0314. The molecule has 0 radical (unpaired) electrons. The molecule has 1 aromatic rings. The Morgan fingerprint density at radius 2 is 2.06 bits per heavy atom. The van der Waals surface area contributed by atoms with Gasteiger partial charge >= 0.3 is 0 Å². The fourth-order valence-electron chi connectivity index (χ4n) is 1.40. The first-order chi connectivity index (χ1) is 8.00. The van der Waals surface area contributed by atoms with Gasteiger partial charge in [-0.05, 0) is 18.9 Å². The Bertz CT molecular complexity index is 389. The zero-order valence-corrected chi connectivity index (χ0v) is 10.1. The Hall–Kier alpha value is -1.62. The van der Waals surface area contributed by atoms with Crippen molar-refractivity contribution in [3.8, 4) is 5.75 Å². The first kappa shape index (κ1) is 13.4. The van der Waals surface area contributed by atoms with Crippen molar-refractivity contribution in [2.45, 2.75) is 32.3 Å². The molecular formula is C12H18N2O3. The van der Waals surface area contributed by atoms with Gasteiger partial charge in [-0.15, -0.1) is 0 Å². The number of hydrogen-bond donors (Lipinski definition) is 3. The lowest BCUT2D eigenvalue weighted by Crippen LogP contribution is -2.42. The molecule has 17 heavy (non-hydrogen) atoms. The molecule has 0 aliphatic carbocycles. The van der Waals surface area contributed by atoms with Crippen molar-refractivity contribution in [3.63, 3.8) is 0 Å². The van der Waals surface area contributed by atoms with Gasteiger partial charge in [-0.1, -0.05) is 13.8 Å². The average molecular weight is 238 g/mol. The molecule has 94 valence electrons. The molecule has 5 nitrogen and oxygen atoms in total. The highest BCUT2D eigenvalue weighted by atomic mass is 16.3. The first-order valence-electron chi connectivity index (χ1n) is 5.65. The second-order valence-corrected chi connectivity index (χ2v) is 4.05. The highest BCUT2D eigenvalue weighted by molar-refractivity contribution is 5.94. The van der Waals surface area contributed by atoms with Crippen LogP contribution in [0.1, 0.15) is 37.0 Å². The van der Waals surface area contributed by atoms with Crippen molar-refractivity contribution in [2.75, 3.05) is 6.54 Å². The van der Waals surface area contributed by atoms with E-state index in [4.69, 9.17) is 0 Å². The maximum absolute atomic E-state index is 11.7. The van der Waals surface area contributed by atoms with Crippen LogP contribution in [0.3, 0.4) is 0 Å². The van der Waals surface area contributed by atoms with Crippen LogP contribution in [0.2, 0.25) is 0 Å². The molecule has 1 heterocycles. The number of rotatable bonds is 5. The molecular weight excluding hydrogens is 220 g/mol. The standard InChI is InChI=1S/C12H18N2O3/c1-3-12(17,4-2)8-14-11(16)9-5-10(15)7-13-6-9/h5-7,15,17H,3-4,8H2,1-2H3,(H,14,16). The minimum Gasteiger partial charge on any atom is -0.506 e. The van der Waals surface area contributed by atoms with Gasteiger partial charge in [0.2, 0.25) is 0 Å². The van der Waals surface area contributed by atoms with Crippen LogP contribution in [0.4, 0.5) is 0 Å². The topological polar surface area (TPSA) is 82.5 Å². The van der Waals surface area contributed by atoms with Crippen molar-refractivity contribution < 1.29 is 15.0 Å². The molecule has 0 bridgehead atoms. The van der Waals surface area contributed by atoms with Gasteiger partial charge in [0.25, 0.3) is 5.91 Å². The molecule has 0 saturated carbocycles. The van der Waals surface area contributed by atoms with Gasteiger partial charge < -0.3 is 15.5 Å². The van der Waals surface area contributed by atoms with E-state index in [2.05, 4.69) is 10.3 Å². The highest BCUT2D eigenvalue weighted by Crippen LogP contribution is 2.13. The third-order valence-electron chi connectivity index (χ3n) is 2.88. The zero-order valence-electron chi connectivity index (χ0n) is 10.1. The minimum absolute atomic E-state index is 0.0566. The Morgan fingerprint density at radius 3 is 2.59 bits per heavy atom. The van der Waals surface area contributed by atoms with Crippen LogP contribution in [0.25, 0.3) is 0 Å². The molecule has 0 saturated heterocycles. The van der Waals surface area contributed by atoms with Crippen molar-refractivity contribution >= 4 is 5.91 Å². The van der Waals surface area contributed by atoms with Gasteiger partial charge in [-0.25, -0.2) is 0 Å². The molecule has 0 aliphatic rings. The number of carbonyl (C=O) groups is 1. The van der Waals surface area contributed by atoms with Gasteiger partial charge in [0.15, 0.2) is 0 Å². The SMILES string of the molecule is CCC(O)(CC)CNC(=O)c1cncc(O)c1. The second-order valence-electron chi connectivity index (χ2n) is 4.05. The fourth-order valence-corrected chi connectivity index (χ4v) is 1.40. The van der Waals surface area contributed by atoms with E-state index in [-0.39, 0.29) is 23.8 Å². The summed E-state index contributed by atoms with van der Waals surface area (Å²) in [4.78, 5) is 15.4. The van der Waals surface area contributed by atoms with E-state index in [0.717, 1.165) is 0 Å². The Labute approximate surface area is 101 Å². The molecule has 0 fully saturated rings. The number of pyridine rings is 1. The number of amides is 1. The van der Waals surface area contributed by atoms with Crippen molar-refractivity contribution in [2.24, 2.45) is 0 Å². The molecule has 0 spiro atoms. The van der Waals surface area contributed by atoms with E-state index in [9.17, 15) is 15.0 Å². The quantitative estimate of drug-likeness (QED) is 0.716. The number of hydrogen-bond acceptors (Lipinski definition) is 4. The summed E-state index contributed by atoms with van der Waals surface area (Å²) in [7, 11) is 0. The van der Waals surface area contributed by atoms with E-state index in [1.165, 1.54) is 18.5 Å². The molecule has 1 rings (SSSR count). The van der Waals surface area contributed by atoms with Crippen molar-refractivity contribution in [1.29, 1.82) is 0 Å². The largest absolute Gasteiger partial charge is 0.506 e. The second kappa shape index (κ2) is 5.63. The van der Waals surface area contributed by atoms with Crippen LogP contribution in [0.15, 0.2) is 18.5 Å². The van der Waals surface area contributed by atoms with E-state index in [1.54, 1.807) is 0 Å². The van der Waals surface area contributed by atoms with E-state index in [1.807, 2.05) is 13.8 Å². The van der Waals surface area contributed by atoms with Crippen LogP contribution >= 0.6 is 0 Å². The normalized spacial score (nSPS) is 11.2. The van der Waals surface area contributed by atoms with E-state index in [0.29, 0.717) is 12.8 Å². The monoisotopic (exact) mass is 238 g/mol. The number of aromatic nitrogens is 1. The molecule has 3 N–H and O–H groups in total. The van der Waals surface area contributed by atoms with Gasteiger partial charge in [0.05, 0.1) is 17.4 Å². The molecule has 0 aliphatic heterocycles. The summed E-state index contributed by atoms with van der Waals surface area (Å²) in [6, 6.07) is 1.33. The fraction of sp³-hybridized carbons (Fsp3) is 0.500.